The topological polar surface area (TPSA) is 82.8 Å². The highest BCUT2D eigenvalue weighted by Gasteiger charge is 2.22. The van der Waals surface area contributed by atoms with Crippen molar-refractivity contribution in [1.29, 1.82) is 0 Å². The number of nitrogens with one attached hydrogen (secondary N) is 2. The molecule has 0 aromatic rings. The maximum atomic E-state index is 11.2. The zero-order valence-corrected chi connectivity index (χ0v) is 20.1. The van der Waals surface area contributed by atoms with Crippen LogP contribution in [0.1, 0.15) is 71.1 Å². The predicted octanol–water partition coefficient (Wildman–Crippen LogP) is 3.11. The molecule has 6 nitrogen and oxygen atoms in total. The van der Waals surface area contributed by atoms with Crippen molar-refractivity contribution in [1.82, 2.24) is 15.5 Å². The van der Waals surface area contributed by atoms with Gasteiger partial charge in [0.1, 0.15) is 0 Å². The van der Waals surface area contributed by atoms with Crippen molar-refractivity contribution < 1.29 is 4.79 Å². The fourth-order valence-electron chi connectivity index (χ4n) is 4.32. The van der Waals surface area contributed by atoms with E-state index < -0.39 is 0 Å². The summed E-state index contributed by atoms with van der Waals surface area (Å²) in [7, 11) is 0. The molecule has 0 aromatic heterocycles. The number of carbonyl (C=O) groups excluding carboxylic acids is 1. The summed E-state index contributed by atoms with van der Waals surface area (Å²) in [6.45, 7) is 8.04. The lowest BCUT2D eigenvalue weighted by molar-refractivity contribution is -0.123. The average molecular weight is 508 g/mol. The van der Waals surface area contributed by atoms with E-state index in [1.807, 2.05) is 0 Å². The third-order valence-electron chi connectivity index (χ3n) is 6.04. The molecule has 0 radical (unpaired) electrons. The maximum Gasteiger partial charge on any atom is 0.220 e. The number of amides is 1. The molecule has 0 spiro atoms. The highest BCUT2D eigenvalue weighted by molar-refractivity contribution is 14.0. The molecule has 1 amide bonds. The molecule has 28 heavy (non-hydrogen) atoms. The minimum atomic E-state index is -0.127. The molecule has 4 N–H and O–H groups in total. The molecule has 1 aliphatic carbocycles. The standard InChI is InChI=1S/C21H41N5O.HI/c1-2-23-21(25-14-7-10-18-8-3-4-9-18)24-13-5-6-15-26-16-11-19(12-17-26)20(22)27;/h18-19H,2-17H2,1H3,(H2,22,27)(H2,23,24,25);1H. The van der Waals surface area contributed by atoms with Gasteiger partial charge in [0.15, 0.2) is 5.96 Å². The molecule has 1 aliphatic heterocycles. The van der Waals surface area contributed by atoms with E-state index in [1.165, 1.54) is 44.9 Å². The molecule has 1 heterocycles. The van der Waals surface area contributed by atoms with Crippen LogP contribution in [0.3, 0.4) is 0 Å². The number of rotatable bonds is 11. The van der Waals surface area contributed by atoms with Gasteiger partial charge in [0.05, 0.1) is 0 Å². The number of hydrogen-bond donors (Lipinski definition) is 3. The van der Waals surface area contributed by atoms with Gasteiger partial charge in [-0.3, -0.25) is 9.79 Å². The van der Waals surface area contributed by atoms with Gasteiger partial charge in [0.2, 0.25) is 5.91 Å². The quantitative estimate of drug-likeness (QED) is 0.174. The number of nitrogens with zero attached hydrogens (tertiary/aromatic N) is 2. The van der Waals surface area contributed by atoms with E-state index in [1.54, 1.807) is 0 Å². The number of piperidine rings is 1. The first kappa shape index (κ1) is 25.5. The smallest absolute Gasteiger partial charge is 0.220 e. The zero-order chi connectivity index (χ0) is 19.3. The van der Waals surface area contributed by atoms with E-state index in [-0.39, 0.29) is 35.8 Å². The molecule has 7 heteroatoms. The van der Waals surface area contributed by atoms with Crippen molar-refractivity contribution in [2.45, 2.75) is 71.1 Å². The highest BCUT2D eigenvalue weighted by Crippen LogP contribution is 2.28. The molecular weight excluding hydrogens is 465 g/mol. The van der Waals surface area contributed by atoms with Gasteiger partial charge < -0.3 is 21.3 Å². The van der Waals surface area contributed by atoms with Crippen LogP contribution in [-0.4, -0.2) is 56.0 Å². The van der Waals surface area contributed by atoms with Gasteiger partial charge in [-0.15, -0.1) is 24.0 Å². The summed E-state index contributed by atoms with van der Waals surface area (Å²) >= 11 is 0. The van der Waals surface area contributed by atoms with Gasteiger partial charge >= 0.3 is 0 Å². The summed E-state index contributed by atoms with van der Waals surface area (Å²) in [5.41, 5.74) is 5.40. The average Bonchev–Trinajstić information content (AvgIpc) is 3.18. The van der Waals surface area contributed by atoms with Crippen molar-refractivity contribution in [3.63, 3.8) is 0 Å². The maximum absolute atomic E-state index is 11.2. The number of likely N-dealkylation sites (tertiary alicyclic amines) is 1. The summed E-state index contributed by atoms with van der Waals surface area (Å²) < 4.78 is 0. The Kier molecular flexibility index (Phi) is 13.9. The van der Waals surface area contributed by atoms with Crippen LogP contribution >= 0.6 is 24.0 Å². The fraction of sp³-hybridized carbons (Fsp3) is 0.905. The van der Waals surface area contributed by atoms with Gasteiger partial charge in [-0.2, -0.15) is 0 Å². The number of aliphatic imine (C=N–C) groups is 1. The fourth-order valence-corrected chi connectivity index (χ4v) is 4.32. The lowest BCUT2D eigenvalue weighted by Gasteiger charge is -2.30. The summed E-state index contributed by atoms with van der Waals surface area (Å²) in [6, 6.07) is 0. The Balaban J connectivity index is 0.00000392. The third kappa shape index (κ3) is 10.3. The first-order valence-electron chi connectivity index (χ1n) is 11.2. The summed E-state index contributed by atoms with van der Waals surface area (Å²) in [4.78, 5) is 18.4. The second kappa shape index (κ2) is 15.3. The van der Waals surface area contributed by atoms with Crippen LogP contribution in [0.2, 0.25) is 0 Å². The van der Waals surface area contributed by atoms with E-state index in [0.717, 1.165) is 70.4 Å². The van der Waals surface area contributed by atoms with E-state index >= 15 is 0 Å². The van der Waals surface area contributed by atoms with Crippen molar-refractivity contribution >= 4 is 35.8 Å². The van der Waals surface area contributed by atoms with E-state index in [9.17, 15) is 4.79 Å². The Bertz CT molecular complexity index is 446. The van der Waals surface area contributed by atoms with Gasteiger partial charge in [0.25, 0.3) is 0 Å². The number of nitrogens with two attached hydrogens (primary N) is 1. The van der Waals surface area contributed by atoms with Crippen LogP contribution in [0, 0.1) is 11.8 Å². The number of unbranched alkanes of at least 4 members (excludes halogenated alkanes) is 1. The van der Waals surface area contributed by atoms with E-state index in [0.29, 0.717) is 0 Å². The Morgan fingerprint density at radius 3 is 2.43 bits per heavy atom. The van der Waals surface area contributed by atoms with Crippen LogP contribution in [0.4, 0.5) is 0 Å². The van der Waals surface area contributed by atoms with Gasteiger partial charge in [-0.1, -0.05) is 25.7 Å². The number of halogens is 1. The normalized spacial score (nSPS) is 19.4. The molecule has 1 saturated heterocycles. The van der Waals surface area contributed by atoms with Crippen LogP contribution in [0.15, 0.2) is 4.99 Å². The molecule has 0 unspecified atom stereocenters. The van der Waals surface area contributed by atoms with Gasteiger partial charge in [-0.05, 0) is 71.0 Å². The molecule has 1 saturated carbocycles. The van der Waals surface area contributed by atoms with Crippen LogP contribution < -0.4 is 16.4 Å². The first-order chi connectivity index (χ1) is 13.2. The van der Waals surface area contributed by atoms with Crippen LogP contribution in [0.25, 0.3) is 0 Å². The number of hydrogen-bond acceptors (Lipinski definition) is 3. The van der Waals surface area contributed by atoms with Crippen molar-refractivity contribution in [2.24, 2.45) is 22.6 Å². The summed E-state index contributed by atoms with van der Waals surface area (Å²) in [6.07, 6.45) is 12.4. The molecule has 0 atom stereocenters. The molecule has 0 aromatic carbocycles. The van der Waals surface area contributed by atoms with Crippen molar-refractivity contribution in [3.8, 4) is 0 Å². The van der Waals surface area contributed by atoms with Crippen LogP contribution in [-0.2, 0) is 4.79 Å². The summed E-state index contributed by atoms with van der Waals surface area (Å²) in [5, 5.41) is 6.82. The number of primary amides is 1. The Labute approximate surface area is 188 Å². The molecule has 2 aliphatic rings. The zero-order valence-electron chi connectivity index (χ0n) is 17.8. The minimum Gasteiger partial charge on any atom is -0.369 e. The van der Waals surface area contributed by atoms with Crippen LogP contribution in [0.5, 0.6) is 0 Å². The Morgan fingerprint density at radius 1 is 1.07 bits per heavy atom. The first-order valence-corrected chi connectivity index (χ1v) is 11.2. The lowest BCUT2D eigenvalue weighted by Crippen LogP contribution is -2.39. The number of carbonyl (C=O) groups is 1. The number of guanidine groups is 1. The molecule has 2 fully saturated rings. The third-order valence-corrected chi connectivity index (χ3v) is 6.04. The second-order valence-electron chi connectivity index (χ2n) is 8.21. The summed E-state index contributed by atoms with van der Waals surface area (Å²) in [5.74, 6) is 1.89. The molecule has 2 rings (SSSR count). The Morgan fingerprint density at radius 2 is 1.79 bits per heavy atom. The second-order valence-corrected chi connectivity index (χ2v) is 8.21. The van der Waals surface area contributed by atoms with Gasteiger partial charge in [0, 0.05) is 25.6 Å². The van der Waals surface area contributed by atoms with Gasteiger partial charge in [-0.25, -0.2) is 0 Å². The Hall–Kier alpha value is -0.570. The SMILES string of the molecule is CCNC(=NCCCC1CCCC1)NCCCCN1CCC(C(N)=O)CC1.I. The predicted molar refractivity (Wildman–Crippen MR) is 128 cm³/mol. The van der Waals surface area contributed by atoms with Crippen molar-refractivity contribution in [2.75, 3.05) is 39.3 Å². The monoisotopic (exact) mass is 507 g/mol. The minimum absolute atomic E-state index is 0. The van der Waals surface area contributed by atoms with E-state index in [4.69, 9.17) is 10.7 Å². The lowest BCUT2D eigenvalue weighted by atomic mass is 9.96. The molecule has 0 bridgehead atoms. The largest absolute Gasteiger partial charge is 0.369 e. The van der Waals surface area contributed by atoms with E-state index in [2.05, 4.69) is 22.5 Å². The molecule has 164 valence electrons. The molecular formula is C21H42IN5O. The highest BCUT2D eigenvalue weighted by atomic mass is 127. The van der Waals surface area contributed by atoms with Crippen molar-refractivity contribution in [3.05, 3.63) is 0 Å².